The van der Waals surface area contributed by atoms with Gasteiger partial charge in [0.25, 0.3) is 0 Å². The van der Waals surface area contributed by atoms with Crippen molar-refractivity contribution in [3.8, 4) is 0 Å². The summed E-state index contributed by atoms with van der Waals surface area (Å²) >= 11 is -26.1. The fourth-order valence-electron chi connectivity index (χ4n) is 0. The van der Waals surface area contributed by atoms with Crippen molar-refractivity contribution in [1.29, 1.82) is 0 Å². The maximum absolute atomic E-state index is 8.62. The Kier molecular flexibility index (Phi) is 93.3. The van der Waals surface area contributed by atoms with Gasteiger partial charge in [-0.25, -0.2) is 0 Å². The van der Waals surface area contributed by atoms with Crippen LogP contribution >= 0.6 is 0 Å². The summed E-state index contributed by atoms with van der Waals surface area (Å²) in [6.07, 6.45) is 0. The SMILES string of the molecule is [Ga+3].[La+3].[O]=[Ta](=[O])[O-].[O]=[Ta](=[O])[O-].[O]=[Ta](=[O])[O-].[O]=[Ta](=[O])[O-].[O]=[Ta](=[O])[O-].[O]=[Ta](=[O])[O-]. The molecule has 26 heteroatoms. The molecule has 0 N–H and O–H groups in total. The molecule has 0 radical (unpaired) electrons. The van der Waals surface area contributed by atoms with E-state index in [0.29, 0.717) is 0 Å². The molecular weight excluding hydrogens is 1580 g/mol. The zero-order valence-corrected chi connectivity index (χ0v) is 36.5. The zero-order valence-electron chi connectivity index (χ0n) is 11.2. The van der Waals surface area contributed by atoms with E-state index in [1.165, 1.54) is 0 Å². The van der Waals surface area contributed by atoms with Crippen molar-refractivity contribution in [2.24, 2.45) is 0 Å². The molecule has 0 spiro atoms. The summed E-state index contributed by atoms with van der Waals surface area (Å²) in [4.78, 5) is 0. The molecule has 0 unspecified atom stereocenters. The second kappa shape index (κ2) is 46.7. The van der Waals surface area contributed by atoms with E-state index in [0.717, 1.165) is 0 Å². The van der Waals surface area contributed by atoms with Crippen LogP contribution in [-0.4, -0.2) is 19.8 Å². The first-order valence-corrected chi connectivity index (χ1v) is 26.9. The van der Waals surface area contributed by atoms with Gasteiger partial charge in [0, 0.05) is 0 Å². The summed E-state index contributed by atoms with van der Waals surface area (Å²) in [6.45, 7) is 0. The molecule has 0 bridgehead atoms. The molecule has 0 aliphatic carbocycles. The van der Waals surface area contributed by atoms with Crippen LogP contribution in [0.1, 0.15) is 0 Å². The Morgan fingerprint density at radius 1 is 0.308 bits per heavy atom. The van der Waals surface area contributed by atoms with Crippen LogP contribution in [0.4, 0.5) is 0 Å². The van der Waals surface area contributed by atoms with Crippen molar-refractivity contribution in [3.05, 3.63) is 0 Å². The Balaban J connectivity index is -0.0000000245. The quantitative estimate of drug-likeness (QED) is 0.203. The third-order valence-electron chi connectivity index (χ3n) is 0. The summed E-state index contributed by atoms with van der Waals surface area (Å²) in [7, 11) is 0. The normalized spacial score (nSPS) is 5.77. The van der Waals surface area contributed by atoms with Gasteiger partial charge < -0.3 is 0 Å². The van der Waals surface area contributed by atoms with Gasteiger partial charge in [-0.3, -0.25) is 0 Å². The van der Waals surface area contributed by atoms with E-state index in [2.05, 4.69) is 0 Å². The third-order valence-corrected chi connectivity index (χ3v) is 0. The van der Waals surface area contributed by atoms with Crippen molar-refractivity contribution < 1.29 is 209 Å². The van der Waals surface area contributed by atoms with Crippen LogP contribution in [-0.2, 0) is 152 Å². The van der Waals surface area contributed by atoms with Gasteiger partial charge in [0.15, 0.2) is 0 Å². The van der Waals surface area contributed by atoms with Crippen molar-refractivity contribution in [3.63, 3.8) is 0 Å². The third kappa shape index (κ3) is 1490. The second-order valence-electron chi connectivity index (χ2n) is 1.34. The molecule has 144 valence electrons. The summed E-state index contributed by atoms with van der Waals surface area (Å²) in [5.74, 6) is 0. The molecule has 0 aromatic carbocycles. The number of hydrogen-bond donors (Lipinski definition) is 0. The molecule has 0 aromatic heterocycles. The van der Waals surface area contributed by atoms with E-state index in [1.54, 1.807) is 0 Å². The summed E-state index contributed by atoms with van der Waals surface area (Å²) in [6, 6.07) is 0. The molecule has 26 heavy (non-hydrogen) atoms. The van der Waals surface area contributed by atoms with Gasteiger partial charge in [-0.1, -0.05) is 0 Å². The Labute approximate surface area is 224 Å². The van der Waals surface area contributed by atoms with Crippen LogP contribution in [0.5, 0.6) is 0 Å². The average Bonchev–Trinajstić information content (AvgIpc) is 2.08. The molecule has 0 heterocycles. The average molecular weight is 1580 g/mol. The molecule has 0 aliphatic heterocycles. The molecule has 0 aromatic rings. The summed E-state index contributed by atoms with van der Waals surface area (Å²) < 4.78 is 155. The Bertz CT molecular complexity index is 477. The van der Waals surface area contributed by atoms with E-state index in [9.17, 15) is 0 Å². The van der Waals surface area contributed by atoms with Crippen LogP contribution in [0.25, 0.3) is 0 Å². The molecule has 18 nitrogen and oxygen atoms in total. The van der Waals surface area contributed by atoms with Crippen molar-refractivity contribution in [2.45, 2.75) is 0 Å². The van der Waals surface area contributed by atoms with Crippen LogP contribution in [0.15, 0.2) is 0 Å². The minimum atomic E-state index is -4.34. The summed E-state index contributed by atoms with van der Waals surface area (Å²) in [5, 5.41) is 0. The zero-order chi connectivity index (χ0) is 21.5. The first kappa shape index (κ1) is 51.9. The Hall–Kier alpha value is 3.63. The number of rotatable bonds is 0. The molecule has 0 atom stereocenters. The first-order valence-electron chi connectivity index (χ1n) is 3.29. The van der Waals surface area contributed by atoms with Crippen molar-refractivity contribution in [2.75, 3.05) is 0 Å². The molecule has 0 amide bonds. The molecule has 0 aliphatic rings. The molecule has 0 saturated carbocycles. The van der Waals surface area contributed by atoms with Gasteiger partial charge >= 0.3 is 229 Å². The van der Waals surface area contributed by atoms with Crippen LogP contribution in [0, 0.1) is 35.6 Å². The van der Waals surface area contributed by atoms with Gasteiger partial charge in [0.1, 0.15) is 0 Å². The molecule has 0 rings (SSSR count). The van der Waals surface area contributed by atoms with E-state index in [1.807, 2.05) is 0 Å². The van der Waals surface area contributed by atoms with Crippen LogP contribution in [0.2, 0.25) is 0 Å². The maximum atomic E-state index is 8.62. The van der Waals surface area contributed by atoms with E-state index < -0.39 is 113 Å². The predicted octanol–water partition coefficient (Wildman–Crippen LogP) is -8.96. The molecule has 0 fully saturated rings. The standard InChI is InChI=1S/Ga.La.18O.6Ta/q2*+3;;;;;;;;;;;;;6*-1;;;;;;. The van der Waals surface area contributed by atoms with E-state index >= 15 is 0 Å². The van der Waals surface area contributed by atoms with Crippen LogP contribution < -0.4 is 21.7 Å². The summed E-state index contributed by atoms with van der Waals surface area (Å²) in [5.41, 5.74) is 0. The van der Waals surface area contributed by atoms with Crippen LogP contribution in [0.3, 0.4) is 0 Å². The topological polar surface area (TPSA) is 343 Å². The van der Waals surface area contributed by atoms with E-state index in [-0.39, 0.29) is 55.4 Å². The van der Waals surface area contributed by atoms with E-state index in [4.69, 9.17) is 60.7 Å². The Morgan fingerprint density at radius 2 is 0.308 bits per heavy atom. The van der Waals surface area contributed by atoms with Crippen molar-refractivity contribution in [1.82, 2.24) is 0 Å². The van der Waals surface area contributed by atoms with Gasteiger partial charge in [0.05, 0.1) is 0 Å². The fraction of sp³-hybridized carbons (Fsp3) is 0. The van der Waals surface area contributed by atoms with Gasteiger partial charge in [-0.15, -0.1) is 0 Å². The Morgan fingerprint density at radius 3 is 0.308 bits per heavy atom. The minimum absolute atomic E-state index is 0. The van der Waals surface area contributed by atoms with Gasteiger partial charge in [0.2, 0.25) is 0 Å². The first-order chi connectivity index (χ1) is 10.4. The van der Waals surface area contributed by atoms with Gasteiger partial charge in [-0.2, -0.15) is 0 Å². The number of hydrogen-bond acceptors (Lipinski definition) is 18. The monoisotopic (exact) mass is 1580 g/mol. The van der Waals surface area contributed by atoms with Crippen molar-refractivity contribution >= 4 is 19.8 Å². The van der Waals surface area contributed by atoms with Gasteiger partial charge in [-0.05, 0) is 0 Å². The molecule has 0 saturated heterocycles. The fourth-order valence-corrected chi connectivity index (χ4v) is 0. The second-order valence-corrected chi connectivity index (χ2v) is 11.0. The predicted molar refractivity (Wildman–Crippen MR) is 14.0 cm³/mol. The molecular formula is GaLaO18Ta6.